The maximum Gasteiger partial charge on any atom is 0.338 e. The topological polar surface area (TPSA) is 74.4 Å². The molecule has 5 nitrogen and oxygen atoms in total. The normalized spacial score (nSPS) is 9.95. The van der Waals surface area contributed by atoms with Gasteiger partial charge in [-0.15, -0.1) is 0 Å². The Morgan fingerprint density at radius 2 is 2.05 bits per heavy atom. The summed E-state index contributed by atoms with van der Waals surface area (Å²) in [5, 5.41) is 0. The smallest absolute Gasteiger partial charge is 0.338 e. The first-order valence-corrected chi connectivity index (χ1v) is 5.71. The van der Waals surface area contributed by atoms with Crippen molar-refractivity contribution in [3.8, 4) is 5.88 Å². The summed E-state index contributed by atoms with van der Waals surface area (Å²) < 4.78 is 10.1. The predicted molar refractivity (Wildman–Crippen MR) is 70.8 cm³/mol. The van der Waals surface area contributed by atoms with Gasteiger partial charge in [-0.1, -0.05) is 12.1 Å². The SMILES string of the molecule is COc1cccc(COC(=O)c2cccc(N)c2)n1. The van der Waals surface area contributed by atoms with E-state index in [0.29, 0.717) is 22.8 Å². The van der Waals surface area contributed by atoms with E-state index in [9.17, 15) is 4.79 Å². The summed E-state index contributed by atoms with van der Waals surface area (Å²) in [6.45, 7) is 0.0881. The lowest BCUT2D eigenvalue weighted by Crippen LogP contribution is -2.06. The van der Waals surface area contributed by atoms with Gasteiger partial charge in [-0.2, -0.15) is 0 Å². The lowest BCUT2D eigenvalue weighted by atomic mass is 10.2. The number of ether oxygens (including phenoxy) is 2. The summed E-state index contributed by atoms with van der Waals surface area (Å²) in [6.07, 6.45) is 0. The Kier molecular flexibility index (Phi) is 3.97. The number of anilines is 1. The number of nitrogens with two attached hydrogens (primary N) is 1. The Morgan fingerprint density at radius 3 is 2.79 bits per heavy atom. The Bertz CT molecular complexity index is 584. The summed E-state index contributed by atoms with van der Waals surface area (Å²) in [5.41, 5.74) is 7.17. The quantitative estimate of drug-likeness (QED) is 0.671. The fourth-order valence-corrected chi connectivity index (χ4v) is 1.54. The van der Waals surface area contributed by atoms with Crippen molar-refractivity contribution in [3.63, 3.8) is 0 Å². The highest BCUT2D eigenvalue weighted by Crippen LogP contribution is 2.11. The molecule has 0 radical (unpaired) electrons. The lowest BCUT2D eigenvalue weighted by molar-refractivity contribution is 0.0467. The van der Waals surface area contributed by atoms with Crippen molar-refractivity contribution in [1.29, 1.82) is 0 Å². The minimum atomic E-state index is -0.433. The molecule has 0 atom stereocenters. The minimum Gasteiger partial charge on any atom is -0.481 e. The predicted octanol–water partition coefficient (Wildman–Crippen LogP) is 2.03. The largest absolute Gasteiger partial charge is 0.481 e. The van der Waals surface area contributed by atoms with E-state index in [2.05, 4.69) is 4.98 Å². The first-order valence-electron chi connectivity index (χ1n) is 5.71. The second kappa shape index (κ2) is 5.86. The van der Waals surface area contributed by atoms with Gasteiger partial charge in [-0.05, 0) is 24.3 Å². The third kappa shape index (κ3) is 3.45. The molecule has 0 aliphatic heterocycles. The van der Waals surface area contributed by atoms with Crippen LogP contribution in [0.5, 0.6) is 5.88 Å². The number of benzene rings is 1. The number of carbonyl (C=O) groups excluding carboxylic acids is 1. The first-order chi connectivity index (χ1) is 9.19. The van der Waals surface area contributed by atoms with Crippen LogP contribution in [0.1, 0.15) is 16.1 Å². The van der Waals surface area contributed by atoms with E-state index in [1.165, 1.54) is 7.11 Å². The molecule has 2 rings (SSSR count). The first kappa shape index (κ1) is 12.9. The molecule has 0 spiro atoms. The fourth-order valence-electron chi connectivity index (χ4n) is 1.54. The van der Waals surface area contributed by atoms with Crippen LogP contribution in [-0.2, 0) is 11.3 Å². The van der Waals surface area contributed by atoms with Crippen molar-refractivity contribution in [2.45, 2.75) is 6.61 Å². The maximum atomic E-state index is 11.8. The second-order valence-corrected chi connectivity index (χ2v) is 3.87. The van der Waals surface area contributed by atoms with Gasteiger partial charge >= 0.3 is 5.97 Å². The number of aromatic nitrogens is 1. The molecule has 2 aromatic rings. The van der Waals surface area contributed by atoms with Crippen LogP contribution in [0.3, 0.4) is 0 Å². The third-order valence-corrected chi connectivity index (χ3v) is 2.46. The van der Waals surface area contributed by atoms with Crippen LogP contribution in [-0.4, -0.2) is 18.1 Å². The van der Waals surface area contributed by atoms with Crippen LogP contribution < -0.4 is 10.5 Å². The molecule has 19 heavy (non-hydrogen) atoms. The Balaban J connectivity index is 2.00. The zero-order valence-electron chi connectivity index (χ0n) is 10.5. The fraction of sp³-hybridized carbons (Fsp3) is 0.143. The van der Waals surface area contributed by atoms with Gasteiger partial charge in [-0.25, -0.2) is 9.78 Å². The highest BCUT2D eigenvalue weighted by Gasteiger charge is 2.08. The number of nitrogen functional groups attached to an aromatic ring is 1. The van der Waals surface area contributed by atoms with E-state index in [0.717, 1.165) is 0 Å². The van der Waals surface area contributed by atoms with Crippen molar-refractivity contribution in [2.75, 3.05) is 12.8 Å². The maximum absolute atomic E-state index is 11.8. The van der Waals surface area contributed by atoms with Gasteiger partial charge in [0.2, 0.25) is 5.88 Å². The van der Waals surface area contributed by atoms with Gasteiger partial charge in [0.05, 0.1) is 18.4 Å². The van der Waals surface area contributed by atoms with Crippen LogP contribution in [0.4, 0.5) is 5.69 Å². The molecule has 0 unspecified atom stereocenters. The molecule has 2 N–H and O–H groups in total. The van der Waals surface area contributed by atoms with E-state index < -0.39 is 5.97 Å². The van der Waals surface area contributed by atoms with E-state index in [4.69, 9.17) is 15.2 Å². The molecule has 0 saturated carbocycles. The molecule has 0 aliphatic carbocycles. The zero-order valence-corrected chi connectivity index (χ0v) is 10.5. The molecule has 0 fully saturated rings. The third-order valence-electron chi connectivity index (χ3n) is 2.46. The van der Waals surface area contributed by atoms with Gasteiger partial charge < -0.3 is 15.2 Å². The number of methoxy groups -OCH3 is 1. The second-order valence-electron chi connectivity index (χ2n) is 3.87. The average Bonchev–Trinajstić information content (AvgIpc) is 2.45. The van der Waals surface area contributed by atoms with Gasteiger partial charge in [0.1, 0.15) is 6.61 Å². The van der Waals surface area contributed by atoms with Crippen LogP contribution in [0.2, 0.25) is 0 Å². The molecule has 1 heterocycles. The van der Waals surface area contributed by atoms with Crippen molar-refractivity contribution in [1.82, 2.24) is 4.98 Å². The van der Waals surface area contributed by atoms with Crippen molar-refractivity contribution in [3.05, 3.63) is 53.7 Å². The van der Waals surface area contributed by atoms with Crippen molar-refractivity contribution < 1.29 is 14.3 Å². The number of nitrogens with zero attached hydrogens (tertiary/aromatic N) is 1. The average molecular weight is 258 g/mol. The van der Waals surface area contributed by atoms with Crippen LogP contribution >= 0.6 is 0 Å². The molecule has 0 aliphatic rings. The van der Waals surface area contributed by atoms with Crippen LogP contribution in [0.25, 0.3) is 0 Å². The van der Waals surface area contributed by atoms with E-state index in [-0.39, 0.29) is 6.61 Å². The summed E-state index contributed by atoms with van der Waals surface area (Å²) in [6, 6.07) is 11.9. The molecule has 0 bridgehead atoms. The molecule has 1 aromatic carbocycles. The van der Waals surface area contributed by atoms with Crippen LogP contribution in [0, 0.1) is 0 Å². The highest BCUT2D eigenvalue weighted by atomic mass is 16.5. The number of carbonyl (C=O) groups is 1. The molecular weight excluding hydrogens is 244 g/mol. The molecular formula is C14H14N2O3. The number of rotatable bonds is 4. The monoisotopic (exact) mass is 258 g/mol. The Hall–Kier alpha value is -2.56. The molecule has 0 amide bonds. The number of pyridine rings is 1. The summed E-state index contributed by atoms with van der Waals surface area (Å²) in [7, 11) is 1.53. The van der Waals surface area contributed by atoms with E-state index in [1.807, 2.05) is 0 Å². The number of hydrogen-bond acceptors (Lipinski definition) is 5. The summed E-state index contributed by atoms with van der Waals surface area (Å²) in [4.78, 5) is 15.9. The van der Waals surface area contributed by atoms with Gasteiger partial charge in [-0.3, -0.25) is 0 Å². The van der Waals surface area contributed by atoms with Gasteiger partial charge in [0.25, 0.3) is 0 Å². The Labute approximate surface area is 111 Å². The van der Waals surface area contributed by atoms with E-state index in [1.54, 1.807) is 42.5 Å². The lowest BCUT2D eigenvalue weighted by Gasteiger charge is -2.06. The molecule has 98 valence electrons. The van der Waals surface area contributed by atoms with Gasteiger partial charge in [0, 0.05) is 11.8 Å². The standard InChI is InChI=1S/C14H14N2O3/c1-18-13-7-3-6-12(16-13)9-19-14(17)10-4-2-5-11(15)8-10/h2-8H,9,15H2,1H3. The zero-order chi connectivity index (χ0) is 13.7. The number of esters is 1. The summed E-state index contributed by atoms with van der Waals surface area (Å²) >= 11 is 0. The van der Waals surface area contributed by atoms with Crippen molar-refractivity contribution >= 4 is 11.7 Å². The molecule has 1 aromatic heterocycles. The van der Waals surface area contributed by atoms with Gasteiger partial charge in [0.15, 0.2) is 0 Å². The van der Waals surface area contributed by atoms with Crippen molar-refractivity contribution in [2.24, 2.45) is 0 Å². The Morgan fingerprint density at radius 1 is 1.26 bits per heavy atom. The minimum absolute atomic E-state index is 0.0881. The molecule has 0 saturated heterocycles. The number of hydrogen-bond donors (Lipinski definition) is 1. The van der Waals surface area contributed by atoms with E-state index >= 15 is 0 Å². The van der Waals surface area contributed by atoms with Crippen LogP contribution in [0.15, 0.2) is 42.5 Å². The molecule has 5 heteroatoms. The highest BCUT2D eigenvalue weighted by molar-refractivity contribution is 5.90. The summed E-state index contributed by atoms with van der Waals surface area (Å²) in [5.74, 6) is 0.0504.